The summed E-state index contributed by atoms with van der Waals surface area (Å²) < 4.78 is 0. The molecule has 0 aromatic heterocycles. The summed E-state index contributed by atoms with van der Waals surface area (Å²) in [6.07, 6.45) is 10.6. The minimum absolute atomic E-state index is 0.0827. The molecule has 2 aliphatic carbocycles. The van der Waals surface area contributed by atoms with Crippen LogP contribution in [0.2, 0.25) is 0 Å². The molecule has 0 aromatic carbocycles. The predicted octanol–water partition coefficient (Wildman–Crippen LogP) is 1.67. The number of hydrogen-bond acceptors (Lipinski definition) is 4. The molecular formula is C21H36N4O2. The van der Waals surface area contributed by atoms with E-state index < -0.39 is 0 Å². The van der Waals surface area contributed by atoms with Crippen LogP contribution in [0.3, 0.4) is 0 Å². The summed E-state index contributed by atoms with van der Waals surface area (Å²) in [6.45, 7) is 8.07. The number of carbonyl (C=O) groups is 2. The third-order valence-electron chi connectivity index (χ3n) is 6.26. The average Bonchev–Trinajstić information content (AvgIpc) is 3.51. The Morgan fingerprint density at radius 3 is 2.22 bits per heavy atom. The standard InChI is InChI=1S/C21H36N4O2/c1-16(20(26)22-11-10-18-6-4-3-5-7-18)24-12-14-25(15-13-24)17(2)21(27)23-19-8-9-19/h6,16-17,19H,3-5,7-15H2,1-2H3,(H,22,26)(H,23,27)/t16-,17-/m0/s1. The first-order valence-corrected chi connectivity index (χ1v) is 10.8. The second-order valence-electron chi connectivity index (χ2n) is 8.36. The van der Waals surface area contributed by atoms with Crippen LogP contribution in [0.5, 0.6) is 0 Å². The Morgan fingerprint density at radius 2 is 1.67 bits per heavy atom. The number of carbonyl (C=O) groups excluding carboxylic acids is 2. The van der Waals surface area contributed by atoms with E-state index in [1.54, 1.807) is 0 Å². The van der Waals surface area contributed by atoms with Crippen LogP contribution >= 0.6 is 0 Å². The molecule has 0 bridgehead atoms. The summed E-state index contributed by atoms with van der Waals surface area (Å²) in [5.74, 6) is 0.271. The lowest BCUT2D eigenvalue weighted by Crippen LogP contribution is -2.57. The fourth-order valence-corrected chi connectivity index (χ4v) is 4.02. The van der Waals surface area contributed by atoms with Crippen molar-refractivity contribution >= 4 is 11.8 Å². The SMILES string of the molecule is C[C@@H](C(=O)NCCC1=CCCCC1)N1CCN([C@@H](C)C(=O)NC2CC2)CC1. The van der Waals surface area contributed by atoms with Gasteiger partial charge in [-0.3, -0.25) is 19.4 Å². The van der Waals surface area contributed by atoms with Crippen molar-refractivity contribution in [3.8, 4) is 0 Å². The van der Waals surface area contributed by atoms with Gasteiger partial charge in [-0.1, -0.05) is 11.6 Å². The number of rotatable bonds is 8. The minimum Gasteiger partial charge on any atom is -0.354 e. The summed E-state index contributed by atoms with van der Waals surface area (Å²) in [7, 11) is 0. The molecule has 1 aliphatic heterocycles. The molecule has 2 N–H and O–H groups in total. The molecule has 0 aromatic rings. The maximum Gasteiger partial charge on any atom is 0.237 e. The monoisotopic (exact) mass is 376 g/mol. The molecule has 2 amide bonds. The van der Waals surface area contributed by atoms with Gasteiger partial charge in [0.05, 0.1) is 12.1 Å². The zero-order chi connectivity index (χ0) is 19.2. The first-order chi connectivity index (χ1) is 13.0. The first-order valence-electron chi connectivity index (χ1n) is 10.8. The lowest BCUT2D eigenvalue weighted by atomic mass is 9.97. The largest absolute Gasteiger partial charge is 0.354 e. The highest BCUT2D eigenvalue weighted by Crippen LogP contribution is 2.20. The van der Waals surface area contributed by atoms with Gasteiger partial charge in [0.15, 0.2) is 0 Å². The lowest BCUT2D eigenvalue weighted by Gasteiger charge is -2.39. The van der Waals surface area contributed by atoms with E-state index in [1.807, 2.05) is 13.8 Å². The molecule has 0 unspecified atom stereocenters. The van der Waals surface area contributed by atoms with E-state index in [1.165, 1.54) is 31.3 Å². The van der Waals surface area contributed by atoms with Crippen molar-refractivity contribution in [2.24, 2.45) is 0 Å². The van der Waals surface area contributed by atoms with Crippen LogP contribution in [0, 0.1) is 0 Å². The van der Waals surface area contributed by atoms with Crippen molar-refractivity contribution in [1.82, 2.24) is 20.4 Å². The van der Waals surface area contributed by atoms with Gasteiger partial charge in [-0.15, -0.1) is 0 Å². The summed E-state index contributed by atoms with van der Waals surface area (Å²) >= 11 is 0. The van der Waals surface area contributed by atoms with Crippen molar-refractivity contribution in [2.45, 2.75) is 76.9 Å². The van der Waals surface area contributed by atoms with Crippen LogP contribution in [0.1, 0.15) is 58.8 Å². The van der Waals surface area contributed by atoms with Crippen molar-refractivity contribution in [3.63, 3.8) is 0 Å². The quantitative estimate of drug-likeness (QED) is 0.633. The van der Waals surface area contributed by atoms with Crippen molar-refractivity contribution in [2.75, 3.05) is 32.7 Å². The van der Waals surface area contributed by atoms with Crippen LogP contribution in [0.4, 0.5) is 0 Å². The molecule has 2 atom stereocenters. The van der Waals surface area contributed by atoms with Crippen molar-refractivity contribution in [1.29, 1.82) is 0 Å². The lowest BCUT2D eigenvalue weighted by molar-refractivity contribution is -0.129. The van der Waals surface area contributed by atoms with Crippen molar-refractivity contribution < 1.29 is 9.59 Å². The third kappa shape index (κ3) is 6.04. The fourth-order valence-electron chi connectivity index (χ4n) is 4.02. The first kappa shape index (κ1) is 20.3. The highest BCUT2D eigenvalue weighted by atomic mass is 16.2. The Labute approximate surface area is 163 Å². The van der Waals surface area contributed by atoms with E-state index in [2.05, 4.69) is 26.5 Å². The van der Waals surface area contributed by atoms with Gasteiger partial charge >= 0.3 is 0 Å². The van der Waals surface area contributed by atoms with Gasteiger partial charge in [-0.2, -0.15) is 0 Å². The molecule has 6 nitrogen and oxygen atoms in total. The molecular weight excluding hydrogens is 340 g/mol. The highest BCUT2D eigenvalue weighted by Gasteiger charge is 2.31. The van der Waals surface area contributed by atoms with Crippen LogP contribution in [0.15, 0.2) is 11.6 Å². The van der Waals surface area contributed by atoms with Crippen LogP contribution in [0.25, 0.3) is 0 Å². The molecule has 27 heavy (non-hydrogen) atoms. The Bertz CT molecular complexity index is 550. The Morgan fingerprint density at radius 1 is 1.04 bits per heavy atom. The van der Waals surface area contributed by atoms with Crippen molar-refractivity contribution in [3.05, 3.63) is 11.6 Å². The van der Waals surface area contributed by atoms with E-state index in [0.29, 0.717) is 6.04 Å². The second-order valence-corrected chi connectivity index (χ2v) is 8.36. The maximum absolute atomic E-state index is 12.5. The van der Waals surface area contributed by atoms with Crippen LogP contribution in [-0.4, -0.2) is 72.5 Å². The number of allylic oxidation sites excluding steroid dienone is 1. The fraction of sp³-hybridized carbons (Fsp3) is 0.810. The highest BCUT2D eigenvalue weighted by molar-refractivity contribution is 5.82. The summed E-state index contributed by atoms with van der Waals surface area (Å²) in [5, 5.41) is 6.20. The van der Waals surface area contributed by atoms with Gasteiger partial charge in [-0.25, -0.2) is 0 Å². The molecule has 152 valence electrons. The topological polar surface area (TPSA) is 64.7 Å². The molecule has 3 aliphatic rings. The van der Waals surface area contributed by atoms with E-state index in [0.717, 1.165) is 52.0 Å². The van der Waals surface area contributed by atoms with E-state index in [-0.39, 0.29) is 23.9 Å². The van der Waals surface area contributed by atoms with E-state index in [9.17, 15) is 9.59 Å². The molecule has 0 spiro atoms. The Hall–Kier alpha value is -1.40. The number of nitrogens with zero attached hydrogens (tertiary/aromatic N) is 2. The minimum atomic E-state index is -0.108. The maximum atomic E-state index is 12.5. The van der Waals surface area contributed by atoms with Gasteiger partial charge in [-0.05, 0) is 58.8 Å². The average molecular weight is 377 g/mol. The number of nitrogens with one attached hydrogen (secondary N) is 2. The molecule has 1 saturated heterocycles. The van der Waals surface area contributed by atoms with Gasteiger partial charge in [0.1, 0.15) is 0 Å². The predicted molar refractivity (Wildman–Crippen MR) is 107 cm³/mol. The summed E-state index contributed by atoms with van der Waals surface area (Å²) in [4.78, 5) is 29.2. The Kier molecular flexibility index (Phi) is 7.30. The zero-order valence-electron chi connectivity index (χ0n) is 17.0. The molecule has 1 heterocycles. The van der Waals surface area contributed by atoms with Crippen LogP contribution in [-0.2, 0) is 9.59 Å². The second kappa shape index (κ2) is 9.69. The van der Waals surface area contributed by atoms with Gasteiger partial charge in [0.2, 0.25) is 11.8 Å². The normalized spacial score (nSPS) is 24.0. The number of piperazine rings is 1. The zero-order valence-corrected chi connectivity index (χ0v) is 17.0. The smallest absolute Gasteiger partial charge is 0.237 e. The van der Waals surface area contributed by atoms with Gasteiger partial charge < -0.3 is 10.6 Å². The van der Waals surface area contributed by atoms with E-state index >= 15 is 0 Å². The number of hydrogen-bond donors (Lipinski definition) is 2. The molecule has 0 radical (unpaired) electrons. The molecule has 3 rings (SSSR count). The summed E-state index contributed by atoms with van der Waals surface area (Å²) in [6, 6.07) is 0.220. The van der Waals surface area contributed by atoms with Gasteiger partial charge in [0, 0.05) is 38.8 Å². The molecule has 1 saturated carbocycles. The Balaban J connectivity index is 1.35. The van der Waals surface area contributed by atoms with E-state index in [4.69, 9.17) is 0 Å². The third-order valence-corrected chi connectivity index (χ3v) is 6.26. The summed E-state index contributed by atoms with van der Waals surface area (Å²) in [5.41, 5.74) is 1.50. The molecule has 6 heteroatoms. The molecule has 2 fully saturated rings. The van der Waals surface area contributed by atoms with Gasteiger partial charge in [0.25, 0.3) is 0 Å². The van der Waals surface area contributed by atoms with Crippen LogP contribution < -0.4 is 10.6 Å². The number of amides is 2.